The number of hydrogen-bond acceptors (Lipinski definition) is 6. The van der Waals surface area contributed by atoms with Gasteiger partial charge in [-0.3, -0.25) is 10.1 Å². The quantitative estimate of drug-likeness (QED) is 0.199. The van der Waals surface area contributed by atoms with Crippen molar-refractivity contribution in [2.75, 3.05) is 13.1 Å². The standard InChI is InChI=1S/C25H26N4O6S2/c1-18-7-11-23(12-8-18)36(32,33)26-20(3)27-15-16-28(37(34,35)24-13-9-19(2)10-14-24)25(27)21-5-4-6-22(17-21)29(30)31/h4-14,17,25H,15-16H2,1-3H3/b26-20+. The minimum Gasteiger partial charge on any atom is -0.337 e. The van der Waals surface area contributed by atoms with E-state index in [0.717, 1.165) is 11.1 Å². The number of sulfonamides is 2. The first kappa shape index (κ1) is 26.5. The second-order valence-electron chi connectivity index (χ2n) is 8.77. The van der Waals surface area contributed by atoms with Gasteiger partial charge in [0, 0.05) is 25.2 Å². The minimum atomic E-state index is -4.08. The molecule has 0 spiro atoms. The Morgan fingerprint density at radius 2 is 1.46 bits per heavy atom. The number of hydrogen-bond donors (Lipinski definition) is 0. The molecule has 3 aromatic rings. The lowest BCUT2D eigenvalue weighted by atomic mass is 10.1. The SMILES string of the molecule is C/C(=N\S(=O)(=O)c1ccc(C)cc1)N1CCN(S(=O)(=O)c2ccc(C)cc2)C1c1cccc([N+](=O)[O-])c1. The largest absolute Gasteiger partial charge is 0.337 e. The molecular formula is C25H26N4O6S2. The number of amidine groups is 1. The Kier molecular flexibility index (Phi) is 7.18. The third-order valence-corrected chi connectivity index (χ3v) is 9.36. The summed E-state index contributed by atoms with van der Waals surface area (Å²) < 4.78 is 58.5. The van der Waals surface area contributed by atoms with Crippen molar-refractivity contribution in [1.29, 1.82) is 0 Å². The molecule has 194 valence electrons. The van der Waals surface area contributed by atoms with Gasteiger partial charge in [-0.05, 0) is 50.6 Å². The summed E-state index contributed by atoms with van der Waals surface area (Å²) in [5, 5.41) is 11.4. The van der Waals surface area contributed by atoms with Crippen LogP contribution in [-0.2, 0) is 20.0 Å². The highest BCUT2D eigenvalue weighted by Crippen LogP contribution is 2.36. The van der Waals surface area contributed by atoms with Gasteiger partial charge in [-0.25, -0.2) is 8.42 Å². The second kappa shape index (κ2) is 10.0. The van der Waals surface area contributed by atoms with Gasteiger partial charge in [-0.2, -0.15) is 12.7 Å². The van der Waals surface area contributed by atoms with Crippen LogP contribution in [0.25, 0.3) is 0 Å². The minimum absolute atomic E-state index is 0.00711. The van der Waals surface area contributed by atoms with Crippen molar-refractivity contribution in [3.05, 3.63) is 99.6 Å². The highest BCUT2D eigenvalue weighted by atomic mass is 32.2. The van der Waals surface area contributed by atoms with Gasteiger partial charge in [-0.1, -0.05) is 47.5 Å². The van der Waals surface area contributed by atoms with Crippen molar-refractivity contribution < 1.29 is 21.8 Å². The predicted octanol–water partition coefficient (Wildman–Crippen LogP) is 4.02. The van der Waals surface area contributed by atoms with Crippen LogP contribution in [0.3, 0.4) is 0 Å². The summed E-state index contributed by atoms with van der Waals surface area (Å²) >= 11 is 0. The number of nitro benzene ring substituents is 1. The molecule has 0 bridgehead atoms. The van der Waals surface area contributed by atoms with Crippen LogP contribution in [0, 0.1) is 24.0 Å². The lowest BCUT2D eigenvalue weighted by Gasteiger charge is -2.31. The molecule has 0 radical (unpaired) electrons. The first-order valence-electron chi connectivity index (χ1n) is 11.4. The second-order valence-corrected chi connectivity index (χ2v) is 12.3. The number of benzene rings is 3. The summed E-state index contributed by atoms with van der Waals surface area (Å²) in [6, 6.07) is 18.3. The Hall–Kier alpha value is -3.61. The molecule has 0 amide bonds. The number of nitro groups is 1. The van der Waals surface area contributed by atoms with Gasteiger partial charge in [-0.15, -0.1) is 4.40 Å². The maximum Gasteiger partial charge on any atom is 0.283 e. The average molecular weight is 543 g/mol. The summed E-state index contributed by atoms with van der Waals surface area (Å²) in [5.41, 5.74) is 1.90. The molecule has 1 aliphatic rings. The Balaban J connectivity index is 1.80. The van der Waals surface area contributed by atoms with E-state index in [9.17, 15) is 26.9 Å². The molecular weight excluding hydrogens is 516 g/mol. The number of aryl methyl sites for hydroxylation is 2. The smallest absolute Gasteiger partial charge is 0.283 e. The van der Waals surface area contributed by atoms with Crippen molar-refractivity contribution in [2.24, 2.45) is 4.40 Å². The molecule has 0 aromatic heterocycles. The molecule has 0 saturated carbocycles. The zero-order valence-corrected chi connectivity index (χ0v) is 22.1. The third kappa shape index (κ3) is 5.41. The predicted molar refractivity (Wildman–Crippen MR) is 139 cm³/mol. The maximum atomic E-state index is 13.7. The Morgan fingerprint density at radius 3 is 2.03 bits per heavy atom. The average Bonchev–Trinajstić information content (AvgIpc) is 3.31. The van der Waals surface area contributed by atoms with Gasteiger partial charge in [0.25, 0.3) is 15.7 Å². The van der Waals surface area contributed by atoms with Gasteiger partial charge >= 0.3 is 0 Å². The van der Waals surface area contributed by atoms with Crippen LogP contribution in [0.15, 0.2) is 87.0 Å². The van der Waals surface area contributed by atoms with E-state index in [1.807, 2.05) is 13.8 Å². The van der Waals surface area contributed by atoms with Crippen LogP contribution in [0.4, 0.5) is 5.69 Å². The van der Waals surface area contributed by atoms with Crippen molar-refractivity contribution in [1.82, 2.24) is 9.21 Å². The summed E-state index contributed by atoms with van der Waals surface area (Å²) in [7, 11) is -8.12. The lowest BCUT2D eigenvalue weighted by Crippen LogP contribution is -2.37. The third-order valence-electron chi connectivity index (χ3n) is 6.12. The molecule has 10 nitrogen and oxygen atoms in total. The first-order chi connectivity index (χ1) is 17.4. The Labute approximate surface area is 216 Å². The summed E-state index contributed by atoms with van der Waals surface area (Å²) in [6.07, 6.45) is -1.04. The van der Waals surface area contributed by atoms with Crippen LogP contribution in [0.2, 0.25) is 0 Å². The van der Waals surface area contributed by atoms with Gasteiger partial charge in [0.2, 0.25) is 10.0 Å². The van der Waals surface area contributed by atoms with E-state index in [4.69, 9.17) is 0 Å². The fourth-order valence-electron chi connectivity index (χ4n) is 4.18. The summed E-state index contributed by atoms with van der Waals surface area (Å²) in [5.74, 6) is 0.0682. The van der Waals surface area contributed by atoms with Crippen LogP contribution in [0.5, 0.6) is 0 Å². The first-order valence-corrected chi connectivity index (χ1v) is 14.3. The molecule has 0 N–H and O–H groups in total. The molecule has 1 fully saturated rings. The Bertz CT molecular complexity index is 1570. The number of nitrogens with zero attached hydrogens (tertiary/aromatic N) is 4. The normalized spacial score (nSPS) is 17.2. The Morgan fingerprint density at radius 1 is 0.892 bits per heavy atom. The topological polar surface area (TPSA) is 130 Å². The molecule has 3 aromatic carbocycles. The van der Waals surface area contributed by atoms with Crippen molar-refractivity contribution in [2.45, 2.75) is 36.7 Å². The van der Waals surface area contributed by atoms with Gasteiger partial charge in [0.15, 0.2) is 0 Å². The van der Waals surface area contributed by atoms with Gasteiger partial charge in [0.1, 0.15) is 12.0 Å². The molecule has 0 aliphatic carbocycles. The molecule has 1 saturated heterocycles. The molecule has 12 heteroatoms. The summed E-state index contributed by atoms with van der Waals surface area (Å²) in [4.78, 5) is 12.5. The monoisotopic (exact) mass is 542 g/mol. The molecule has 4 rings (SSSR count). The lowest BCUT2D eigenvalue weighted by molar-refractivity contribution is -0.385. The van der Waals surface area contributed by atoms with Crippen LogP contribution in [-0.4, -0.2) is 49.9 Å². The van der Waals surface area contributed by atoms with E-state index in [0.29, 0.717) is 5.56 Å². The van der Waals surface area contributed by atoms with Crippen LogP contribution < -0.4 is 0 Å². The van der Waals surface area contributed by atoms with Gasteiger partial charge in [0.05, 0.1) is 14.7 Å². The van der Waals surface area contributed by atoms with Crippen LogP contribution >= 0.6 is 0 Å². The maximum absolute atomic E-state index is 13.7. The zero-order chi connectivity index (χ0) is 27.0. The van der Waals surface area contributed by atoms with Crippen molar-refractivity contribution >= 4 is 31.6 Å². The van der Waals surface area contributed by atoms with E-state index >= 15 is 0 Å². The highest BCUT2D eigenvalue weighted by molar-refractivity contribution is 7.90. The molecule has 1 aliphatic heterocycles. The van der Waals surface area contributed by atoms with E-state index in [1.54, 1.807) is 30.3 Å². The molecule has 37 heavy (non-hydrogen) atoms. The summed E-state index contributed by atoms with van der Waals surface area (Å²) in [6.45, 7) is 5.33. The van der Waals surface area contributed by atoms with E-state index in [2.05, 4.69) is 4.40 Å². The fourth-order valence-corrected chi connectivity index (χ4v) is 6.79. The van der Waals surface area contributed by atoms with E-state index in [-0.39, 0.29) is 34.4 Å². The van der Waals surface area contributed by atoms with E-state index in [1.165, 1.54) is 58.6 Å². The number of rotatable bonds is 6. The molecule has 1 atom stereocenters. The van der Waals surface area contributed by atoms with Crippen molar-refractivity contribution in [3.63, 3.8) is 0 Å². The molecule has 1 unspecified atom stereocenters. The fraction of sp³-hybridized carbons (Fsp3) is 0.240. The molecule has 1 heterocycles. The van der Waals surface area contributed by atoms with Crippen molar-refractivity contribution in [3.8, 4) is 0 Å². The van der Waals surface area contributed by atoms with E-state index < -0.39 is 31.1 Å². The number of non-ortho nitro benzene ring substituents is 1. The highest BCUT2D eigenvalue weighted by Gasteiger charge is 2.42. The van der Waals surface area contributed by atoms with Crippen LogP contribution in [0.1, 0.15) is 29.8 Å². The van der Waals surface area contributed by atoms with Gasteiger partial charge < -0.3 is 4.90 Å². The zero-order valence-electron chi connectivity index (χ0n) is 20.5.